The molecule has 0 unspecified atom stereocenters. The number of nitrogens with one attached hydrogen (secondary N) is 1. The monoisotopic (exact) mass is 381 g/mol. The lowest BCUT2D eigenvalue weighted by atomic mass is 10.2. The number of primary amides is 1. The van der Waals surface area contributed by atoms with Crippen molar-refractivity contribution in [1.29, 1.82) is 0 Å². The lowest BCUT2D eigenvalue weighted by molar-refractivity contribution is 0.100. The number of halogens is 3. The molecule has 0 spiro atoms. The van der Waals surface area contributed by atoms with E-state index in [1.165, 1.54) is 18.3 Å². The molecular weight excluding hydrogens is 372 g/mol. The Morgan fingerprint density at radius 2 is 2.08 bits per heavy atom. The molecule has 1 amide bonds. The number of nitrogens with zero attached hydrogens (tertiary/aromatic N) is 4. The van der Waals surface area contributed by atoms with Crippen LogP contribution in [0, 0.1) is 0 Å². The van der Waals surface area contributed by atoms with Crippen LogP contribution in [-0.4, -0.2) is 26.0 Å². The molecule has 0 fully saturated rings. The van der Waals surface area contributed by atoms with Crippen LogP contribution >= 0.6 is 11.6 Å². The predicted octanol–water partition coefficient (Wildman–Crippen LogP) is 2.54. The zero-order valence-corrected chi connectivity index (χ0v) is 13.5. The summed E-state index contributed by atoms with van der Waals surface area (Å²) in [7, 11) is 0. The van der Waals surface area contributed by atoms with Gasteiger partial charge in [0.25, 0.3) is 5.89 Å². The second-order valence-corrected chi connectivity index (χ2v) is 5.34. The number of rotatable bonds is 5. The Balaban J connectivity index is 1.83. The number of aromatic nitrogens is 4. The topological polar surface area (TPSA) is 146 Å². The number of alkyl halides is 2. The van der Waals surface area contributed by atoms with Gasteiger partial charge in [0.15, 0.2) is 0 Å². The van der Waals surface area contributed by atoms with Crippen molar-refractivity contribution in [1.82, 2.24) is 20.1 Å². The summed E-state index contributed by atoms with van der Waals surface area (Å²) >= 11 is 5.96. The van der Waals surface area contributed by atoms with Crippen LogP contribution < -0.4 is 16.8 Å². The van der Waals surface area contributed by atoms with E-state index in [-0.39, 0.29) is 33.8 Å². The van der Waals surface area contributed by atoms with Crippen molar-refractivity contribution in [3.8, 4) is 11.5 Å². The first-order valence-electron chi connectivity index (χ1n) is 6.96. The summed E-state index contributed by atoms with van der Waals surface area (Å²) in [6.07, 6.45) is -1.63. The van der Waals surface area contributed by atoms with Gasteiger partial charge < -0.3 is 21.3 Å². The molecule has 0 aliphatic heterocycles. The molecule has 2 aromatic heterocycles. The highest BCUT2D eigenvalue weighted by atomic mass is 35.5. The standard InChI is InChI=1S/C14H10ClF2N7O2/c15-8-3-5(1-2-6(8)11(19)25)21-14-20-4-7(10(18)22-14)13-23-12(9(16)17)24-26-13/h1-4,9H,(H2,19,25)(H3,18,20,21,22). The minimum Gasteiger partial charge on any atom is -0.383 e. The zero-order valence-electron chi connectivity index (χ0n) is 12.8. The number of amides is 1. The van der Waals surface area contributed by atoms with E-state index in [2.05, 4.69) is 25.4 Å². The van der Waals surface area contributed by atoms with Crippen molar-refractivity contribution in [3.05, 3.63) is 40.8 Å². The fourth-order valence-electron chi connectivity index (χ4n) is 1.97. The van der Waals surface area contributed by atoms with E-state index >= 15 is 0 Å². The number of carbonyl (C=O) groups excluding carboxylic acids is 1. The first-order valence-corrected chi connectivity index (χ1v) is 7.34. The average Bonchev–Trinajstić information content (AvgIpc) is 3.04. The van der Waals surface area contributed by atoms with Crippen molar-refractivity contribution in [2.45, 2.75) is 6.43 Å². The van der Waals surface area contributed by atoms with Gasteiger partial charge in [-0.25, -0.2) is 13.8 Å². The summed E-state index contributed by atoms with van der Waals surface area (Å²) < 4.78 is 29.8. The highest BCUT2D eigenvalue weighted by Crippen LogP contribution is 2.27. The maximum absolute atomic E-state index is 12.5. The predicted molar refractivity (Wildman–Crippen MR) is 87.9 cm³/mol. The summed E-state index contributed by atoms with van der Waals surface area (Å²) in [5, 5.41) is 6.12. The number of anilines is 3. The van der Waals surface area contributed by atoms with Crippen LogP contribution in [0.5, 0.6) is 0 Å². The minimum absolute atomic E-state index is 0.0631. The Morgan fingerprint density at radius 1 is 1.31 bits per heavy atom. The van der Waals surface area contributed by atoms with E-state index in [0.29, 0.717) is 5.69 Å². The minimum atomic E-state index is -2.87. The van der Waals surface area contributed by atoms with Gasteiger partial charge in [0, 0.05) is 11.9 Å². The van der Waals surface area contributed by atoms with Gasteiger partial charge in [-0.15, -0.1) is 0 Å². The second kappa shape index (κ2) is 6.88. The van der Waals surface area contributed by atoms with Gasteiger partial charge in [-0.1, -0.05) is 16.8 Å². The Bertz CT molecular complexity index is 980. The van der Waals surface area contributed by atoms with Crippen LogP contribution in [0.15, 0.2) is 28.9 Å². The van der Waals surface area contributed by atoms with Gasteiger partial charge in [0.05, 0.1) is 10.6 Å². The molecule has 0 bridgehead atoms. The molecule has 2 heterocycles. The summed E-state index contributed by atoms with van der Waals surface area (Å²) in [6, 6.07) is 4.45. The van der Waals surface area contributed by atoms with Gasteiger partial charge in [0.2, 0.25) is 17.7 Å². The molecule has 0 saturated heterocycles. The highest BCUT2D eigenvalue weighted by Gasteiger charge is 2.19. The third kappa shape index (κ3) is 3.52. The Morgan fingerprint density at radius 3 is 2.65 bits per heavy atom. The van der Waals surface area contributed by atoms with E-state index in [4.69, 9.17) is 27.6 Å². The normalized spacial score (nSPS) is 10.9. The first-order chi connectivity index (χ1) is 12.3. The van der Waals surface area contributed by atoms with Crippen molar-refractivity contribution in [3.63, 3.8) is 0 Å². The van der Waals surface area contributed by atoms with Crippen LogP contribution in [0.2, 0.25) is 5.02 Å². The fraction of sp³-hybridized carbons (Fsp3) is 0.0714. The fourth-order valence-corrected chi connectivity index (χ4v) is 2.25. The van der Waals surface area contributed by atoms with Crippen LogP contribution in [-0.2, 0) is 0 Å². The lowest BCUT2D eigenvalue weighted by Crippen LogP contribution is -2.11. The number of hydrogen-bond acceptors (Lipinski definition) is 8. The van der Waals surface area contributed by atoms with Gasteiger partial charge in [-0.3, -0.25) is 4.79 Å². The van der Waals surface area contributed by atoms with Crippen molar-refractivity contribution < 1.29 is 18.1 Å². The van der Waals surface area contributed by atoms with E-state index in [9.17, 15) is 13.6 Å². The number of hydrogen-bond donors (Lipinski definition) is 3. The maximum atomic E-state index is 12.5. The summed E-state index contributed by atoms with van der Waals surface area (Å²) in [4.78, 5) is 22.7. The summed E-state index contributed by atoms with van der Waals surface area (Å²) in [5.41, 5.74) is 11.7. The number of carbonyl (C=O) groups is 1. The third-order valence-electron chi connectivity index (χ3n) is 3.18. The number of nitrogen functional groups attached to an aromatic ring is 1. The summed E-state index contributed by atoms with van der Waals surface area (Å²) in [5.74, 6) is -1.60. The molecule has 0 atom stereocenters. The van der Waals surface area contributed by atoms with E-state index in [0.717, 1.165) is 0 Å². The zero-order chi connectivity index (χ0) is 18.8. The smallest absolute Gasteiger partial charge is 0.300 e. The van der Waals surface area contributed by atoms with Crippen LogP contribution in [0.3, 0.4) is 0 Å². The van der Waals surface area contributed by atoms with Gasteiger partial charge in [0.1, 0.15) is 11.4 Å². The molecule has 5 N–H and O–H groups in total. The highest BCUT2D eigenvalue weighted by molar-refractivity contribution is 6.34. The Kier molecular flexibility index (Phi) is 4.63. The SMILES string of the molecule is NC(=O)c1ccc(Nc2ncc(-c3nc(C(F)F)no3)c(N)n2)cc1Cl. The first kappa shape index (κ1) is 17.5. The number of nitrogens with two attached hydrogens (primary N) is 2. The van der Waals surface area contributed by atoms with E-state index in [1.807, 2.05) is 0 Å². The average molecular weight is 382 g/mol. The van der Waals surface area contributed by atoms with Gasteiger partial charge >= 0.3 is 6.43 Å². The molecule has 12 heteroatoms. The molecule has 9 nitrogen and oxygen atoms in total. The van der Waals surface area contributed by atoms with Crippen LogP contribution in [0.4, 0.5) is 26.2 Å². The third-order valence-corrected chi connectivity index (χ3v) is 3.49. The van der Waals surface area contributed by atoms with E-state index in [1.54, 1.807) is 6.07 Å². The van der Waals surface area contributed by atoms with Crippen molar-refractivity contribution >= 4 is 35.0 Å². The van der Waals surface area contributed by atoms with Crippen molar-refractivity contribution in [2.75, 3.05) is 11.1 Å². The maximum Gasteiger partial charge on any atom is 0.300 e. The number of benzene rings is 1. The molecule has 0 aliphatic carbocycles. The molecule has 1 aromatic carbocycles. The lowest BCUT2D eigenvalue weighted by Gasteiger charge is -2.08. The van der Waals surface area contributed by atoms with Gasteiger partial charge in [-0.05, 0) is 18.2 Å². The molecule has 0 radical (unpaired) electrons. The molecule has 0 aliphatic rings. The quantitative estimate of drug-likeness (QED) is 0.611. The molecule has 0 saturated carbocycles. The molecule has 3 rings (SSSR count). The van der Waals surface area contributed by atoms with E-state index < -0.39 is 18.2 Å². The van der Waals surface area contributed by atoms with Crippen LogP contribution in [0.25, 0.3) is 11.5 Å². The molecular formula is C14H10ClF2N7O2. The van der Waals surface area contributed by atoms with Gasteiger partial charge in [-0.2, -0.15) is 9.97 Å². The Hall–Kier alpha value is -3.34. The molecule has 3 aromatic rings. The second-order valence-electron chi connectivity index (χ2n) is 4.93. The molecule has 26 heavy (non-hydrogen) atoms. The largest absolute Gasteiger partial charge is 0.383 e. The molecule has 134 valence electrons. The van der Waals surface area contributed by atoms with Crippen LogP contribution in [0.1, 0.15) is 22.6 Å². The summed E-state index contributed by atoms with van der Waals surface area (Å²) in [6.45, 7) is 0. The Labute approximate surface area is 149 Å². The van der Waals surface area contributed by atoms with Crippen molar-refractivity contribution in [2.24, 2.45) is 5.73 Å².